The molecule has 0 spiro atoms. The van der Waals surface area contributed by atoms with Crippen molar-refractivity contribution in [2.75, 3.05) is 13.1 Å². The second kappa shape index (κ2) is 7.98. The molecule has 2 saturated heterocycles. The van der Waals surface area contributed by atoms with E-state index in [4.69, 9.17) is 0 Å². The Morgan fingerprint density at radius 3 is 2.65 bits per heavy atom. The molecule has 2 aliphatic heterocycles. The minimum atomic E-state index is -0.396. The van der Waals surface area contributed by atoms with E-state index in [1.807, 2.05) is 54.6 Å². The molecule has 2 fully saturated rings. The molecule has 3 heterocycles. The van der Waals surface area contributed by atoms with Crippen LogP contribution in [-0.2, 0) is 20.8 Å². The summed E-state index contributed by atoms with van der Waals surface area (Å²) in [5.74, 6) is -0.356. The van der Waals surface area contributed by atoms with Crippen molar-refractivity contribution < 1.29 is 14.4 Å². The molecule has 1 N–H and O–H groups in total. The van der Waals surface area contributed by atoms with Crippen LogP contribution in [-0.4, -0.2) is 50.6 Å². The van der Waals surface area contributed by atoms with Crippen molar-refractivity contribution >= 4 is 28.8 Å². The number of hydrogen-bond donors (Lipinski definition) is 1. The number of aromatic amines is 1. The van der Waals surface area contributed by atoms with Crippen LogP contribution < -0.4 is 0 Å². The lowest BCUT2D eigenvalue weighted by molar-refractivity contribution is -0.146. The Labute approximate surface area is 180 Å². The Kier molecular flexibility index (Phi) is 5.02. The van der Waals surface area contributed by atoms with E-state index in [-0.39, 0.29) is 36.7 Å². The maximum Gasteiger partial charge on any atom is 0.243 e. The first-order chi connectivity index (χ1) is 15.1. The lowest BCUT2D eigenvalue weighted by Crippen LogP contribution is -2.43. The smallest absolute Gasteiger partial charge is 0.243 e. The molecular weight excluding hydrogens is 392 g/mol. The number of imidazole rings is 1. The molecule has 0 saturated carbocycles. The van der Waals surface area contributed by atoms with Gasteiger partial charge in [0.25, 0.3) is 0 Å². The van der Waals surface area contributed by atoms with Crippen LogP contribution in [0.2, 0.25) is 0 Å². The van der Waals surface area contributed by atoms with Gasteiger partial charge in [-0.15, -0.1) is 0 Å². The number of benzene rings is 2. The highest BCUT2D eigenvalue weighted by atomic mass is 16.2. The number of nitrogens with zero attached hydrogens (tertiary/aromatic N) is 3. The molecule has 0 unspecified atom stereocenters. The normalized spacial score (nSPS) is 21.4. The van der Waals surface area contributed by atoms with Crippen molar-refractivity contribution in [3.05, 3.63) is 66.0 Å². The number of carbonyl (C=O) groups excluding carboxylic acids is 3. The second-order valence-electron chi connectivity index (χ2n) is 8.29. The number of nitrogens with one attached hydrogen (secondary N) is 1. The van der Waals surface area contributed by atoms with Gasteiger partial charge in [0.15, 0.2) is 0 Å². The predicted molar refractivity (Wildman–Crippen MR) is 115 cm³/mol. The average Bonchev–Trinajstić information content (AvgIpc) is 3.48. The largest absolute Gasteiger partial charge is 0.340 e. The molecule has 2 atom stereocenters. The fourth-order valence-corrected chi connectivity index (χ4v) is 4.68. The van der Waals surface area contributed by atoms with Crippen LogP contribution in [0.25, 0.3) is 11.0 Å². The summed E-state index contributed by atoms with van der Waals surface area (Å²) < 4.78 is 0. The topological polar surface area (TPSA) is 86.4 Å². The monoisotopic (exact) mass is 416 g/mol. The maximum absolute atomic E-state index is 13.1. The van der Waals surface area contributed by atoms with E-state index in [1.165, 1.54) is 0 Å². The van der Waals surface area contributed by atoms with Gasteiger partial charge in [-0.1, -0.05) is 42.5 Å². The van der Waals surface area contributed by atoms with Gasteiger partial charge in [0.1, 0.15) is 12.4 Å². The van der Waals surface area contributed by atoms with Crippen molar-refractivity contribution in [1.82, 2.24) is 19.8 Å². The highest BCUT2D eigenvalue weighted by Crippen LogP contribution is 2.32. The number of H-pyrrole nitrogens is 1. The predicted octanol–water partition coefficient (Wildman–Crippen LogP) is 2.84. The van der Waals surface area contributed by atoms with Crippen molar-refractivity contribution in [3.63, 3.8) is 0 Å². The van der Waals surface area contributed by atoms with Gasteiger partial charge >= 0.3 is 0 Å². The summed E-state index contributed by atoms with van der Waals surface area (Å²) in [5, 5.41) is 0. The van der Waals surface area contributed by atoms with E-state index in [2.05, 4.69) is 9.97 Å². The molecular formula is C24H24N4O3. The standard InChI is InChI=1S/C24H24N4O3/c29-21-14-17(13-16-7-2-1-3-8-16)24(31)28(21)15-22(30)27-12-6-11-20(27)23-25-18-9-4-5-10-19(18)26-23/h1-5,7-10,17,20H,6,11-15H2,(H,25,26)/t17-,20-/m0/s1. The Morgan fingerprint density at radius 2 is 1.84 bits per heavy atom. The van der Waals surface area contributed by atoms with Gasteiger partial charge in [0, 0.05) is 13.0 Å². The first kappa shape index (κ1) is 19.5. The molecule has 3 amide bonds. The maximum atomic E-state index is 13.1. The van der Waals surface area contributed by atoms with E-state index in [0.29, 0.717) is 13.0 Å². The fourth-order valence-electron chi connectivity index (χ4n) is 4.68. The molecule has 0 bridgehead atoms. The molecule has 3 aromatic rings. The summed E-state index contributed by atoms with van der Waals surface area (Å²) in [6, 6.07) is 17.3. The van der Waals surface area contributed by atoms with Crippen molar-refractivity contribution in [2.24, 2.45) is 5.92 Å². The Morgan fingerprint density at radius 1 is 1.06 bits per heavy atom. The third kappa shape index (κ3) is 3.71. The van der Waals surface area contributed by atoms with E-state index in [0.717, 1.165) is 40.2 Å². The van der Waals surface area contributed by atoms with E-state index in [9.17, 15) is 14.4 Å². The van der Waals surface area contributed by atoms with Crippen LogP contribution in [0.5, 0.6) is 0 Å². The third-order valence-electron chi connectivity index (χ3n) is 6.25. The van der Waals surface area contributed by atoms with Crippen LogP contribution >= 0.6 is 0 Å². The molecule has 0 aliphatic carbocycles. The third-order valence-corrected chi connectivity index (χ3v) is 6.25. The van der Waals surface area contributed by atoms with Gasteiger partial charge in [0.2, 0.25) is 17.7 Å². The van der Waals surface area contributed by atoms with E-state index >= 15 is 0 Å². The number of amides is 3. The summed E-state index contributed by atoms with van der Waals surface area (Å²) in [6.07, 6.45) is 2.35. The van der Waals surface area contributed by atoms with Gasteiger partial charge in [-0.05, 0) is 37.0 Å². The van der Waals surface area contributed by atoms with Gasteiger partial charge in [-0.25, -0.2) is 4.98 Å². The number of hydrogen-bond acceptors (Lipinski definition) is 4. The average molecular weight is 416 g/mol. The Hall–Kier alpha value is -3.48. The number of para-hydroxylation sites is 2. The molecule has 0 radical (unpaired) electrons. The SMILES string of the molecule is O=C1C[C@H](Cc2ccccc2)C(=O)N1CC(=O)N1CCC[C@H]1c1nc2ccccc2[nH]1. The first-order valence-electron chi connectivity index (χ1n) is 10.7. The second-order valence-corrected chi connectivity index (χ2v) is 8.29. The summed E-state index contributed by atoms with van der Waals surface area (Å²) in [4.78, 5) is 49.3. The molecule has 2 aliphatic rings. The van der Waals surface area contributed by atoms with Crippen molar-refractivity contribution in [2.45, 2.75) is 31.7 Å². The lowest BCUT2D eigenvalue weighted by Gasteiger charge is -2.25. The lowest BCUT2D eigenvalue weighted by atomic mass is 9.98. The molecule has 7 nitrogen and oxygen atoms in total. The summed E-state index contributed by atoms with van der Waals surface area (Å²) >= 11 is 0. The molecule has 1 aromatic heterocycles. The molecule has 5 rings (SSSR count). The zero-order valence-corrected chi connectivity index (χ0v) is 17.2. The van der Waals surface area contributed by atoms with Gasteiger partial charge < -0.3 is 9.88 Å². The van der Waals surface area contributed by atoms with Crippen LogP contribution in [0.15, 0.2) is 54.6 Å². The minimum Gasteiger partial charge on any atom is -0.340 e. The highest BCUT2D eigenvalue weighted by Gasteiger charge is 2.41. The minimum absolute atomic E-state index is 0.159. The molecule has 2 aromatic carbocycles. The fraction of sp³-hybridized carbons (Fsp3) is 0.333. The molecule has 31 heavy (non-hydrogen) atoms. The van der Waals surface area contributed by atoms with Gasteiger partial charge in [-0.3, -0.25) is 19.3 Å². The quantitative estimate of drug-likeness (QED) is 0.648. The number of fused-ring (bicyclic) bond motifs is 1. The Bertz CT molecular complexity index is 1110. The molecule has 7 heteroatoms. The van der Waals surface area contributed by atoms with Crippen LogP contribution in [0, 0.1) is 5.92 Å². The summed E-state index contributed by atoms with van der Waals surface area (Å²) in [7, 11) is 0. The number of rotatable bonds is 5. The summed E-state index contributed by atoms with van der Waals surface area (Å²) in [6.45, 7) is 0.407. The van der Waals surface area contributed by atoms with E-state index in [1.54, 1.807) is 4.90 Å². The number of likely N-dealkylation sites (tertiary alicyclic amines) is 2. The first-order valence-corrected chi connectivity index (χ1v) is 10.7. The number of aromatic nitrogens is 2. The van der Waals surface area contributed by atoms with Crippen molar-refractivity contribution in [3.8, 4) is 0 Å². The van der Waals surface area contributed by atoms with Gasteiger partial charge in [0.05, 0.1) is 23.0 Å². The van der Waals surface area contributed by atoms with Gasteiger partial charge in [-0.2, -0.15) is 0 Å². The zero-order chi connectivity index (χ0) is 21.4. The number of carbonyl (C=O) groups is 3. The van der Waals surface area contributed by atoms with Crippen LogP contribution in [0.4, 0.5) is 0 Å². The van der Waals surface area contributed by atoms with Crippen molar-refractivity contribution in [1.29, 1.82) is 0 Å². The number of imide groups is 1. The molecule has 158 valence electrons. The van der Waals surface area contributed by atoms with Crippen LogP contribution in [0.1, 0.15) is 36.7 Å². The highest BCUT2D eigenvalue weighted by molar-refractivity contribution is 6.06. The summed E-state index contributed by atoms with van der Waals surface area (Å²) in [5.41, 5.74) is 2.82. The van der Waals surface area contributed by atoms with Crippen LogP contribution in [0.3, 0.4) is 0 Å². The van der Waals surface area contributed by atoms with E-state index < -0.39 is 5.92 Å². The zero-order valence-electron chi connectivity index (χ0n) is 17.2. The Balaban J connectivity index is 1.28.